The fourth-order valence-corrected chi connectivity index (χ4v) is 2.98. The molecule has 0 saturated carbocycles. The van der Waals surface area contributed by atoms with Crippen molar-refractivity contribution in [2.45, 2.75) is 19.8 Å². The molecule has 0 radical (unpaired) electrons. The van der Waals surface area contributed by atoms with Crippen LogP contribution < -0.4 is 15.1 Å². The van der Waals surface area contributed by atoms with Gasteiger partial charge in [0.1, 0.15) is 17.3 Å². The van der Waals surface area contributed by atoms with Gasteiger partial charge in [-0.3, -0.25) is 4.68 Å². The molecule has 1 N–H and O–H groups in total. The van der Waals surface area contributed by atoms with Gasteiger partial charge in [0.25, 0.3) is 5.90 Å². The number of rotatable bonds is 6. The van der Waals surface area contributed by atoms with Gasteiger partial charge in [-0.15, -0.1) is 18.3 Å². The normalized spacial score (nSPS) is 13.7. The maximum atomic E-state index is 12.3. The van der Waals surface area contributed by atoms with Gasteiger partial charge in [0.2, 0.25) is 0 Å². The molecule has 1 aromatic carbocycles. The zero-order chi connectivity index (χ0) is 22.0. The average Bonchev–Trinajstić information content (AvgIpc) is 3.35. The van der Waals surface area contributed by atoms with Crippen molar-refractivity contribution in [1.29, 1.82) is 0 Å². The molecular weight excluding hydrogens is 413 g/mol. The number of hydrogen-bond donors (Lipinski definition) is 1. The molecule has 0 spiro atoms. The molecule has 0 bridgehead atoms. The number of nitrogens with zero attached hydrogens (tertiary/aromatic N) is 5. The van der Waals surface area contributed by atoms with Crippen LogP contribution >= 0.6 is 0 Å². The summed E-state index contributed by atoms with van der Waals surface area (Å²) < 4.78 is 48.2. The minimum absolute atomic E-state index is 0.121. The quantitative estimate of drug-likeness (QED) is 0.640. The Labute approximate surface area is 175 Å². The van der Waals surface area contributed by atoms with Crippen LogP contribution in [0.4, 0.5) is 24.7 Å². The van der Waals surface area contributed by atoms with E-state index in [1.165, 1.54) is 29.3 Å². The molecule has 2 aromatic heterocycles. The summed E-state index contributed by atoms with van der Waals surface area (Å²) in [5.41, 5.74) is 3.05. The Morgan fingerprint density at radius 3 is 2.58 bits per heavy atom. The van der Waals surface area contributed by atoms with Crippen LogP contribution in [0.2, 0.25) is 0 Å². The number of aromatic nitrogens is 3. The first-order valence-corrected chi connectivity index (χ1v) is 9.33. The Morgan fingerprint density at radius 2 is 1.94 bits per heavy atom. The first-order chi connectivity index (χ1) is 14.8. The number of benzene rings is 1. The van der Waals surface area contributed by atoms with Crippen LogP contribution in [0.1, 0.15) is 17.0 Å². The van der Waals surface area contributed by atoms with E-state index in [9.17, 15) is 13.2 Å². The van der Waals surface area contributed by atoms with E-state index in [1.54, 1.807) is 6.20 Å². The first-order valence-electron chi connectivity index (χ1n) is 9.33. The van der Waals surface area contributed by atoms with Crippen LogP contribution in [0, 0.1) is 6.92 Å². The van der Waals surface area contributed by atoms with Gasteiger partial charge in [0.05, 0.1) is 12.2 Å². The maximum absolute atomic E-state index is 12.3. The number of aryl methyl sites for hydroxylation is 1. The van der Waals surface area contributed by atoms with Gasteiger partial charge in [-0.25, -0.2) is 9.99 Å². The van der Waals surface area contributed by atoms with Gasteiger partial charge in [-0.1, -0.05) is 6.07 Å². The number of anilines is 2. The second-order valence-electron chi connectivity index (χ2n) is 6.75. The van der Waals surface area contributed by atoms with Crippen LogP contribution in [0.25, 0.3) is 0 Å². The summed E-state index contributed by atoms with van der Waals surface area (Å²) in [5.74, 6) is 0.821. The van der Waals surface area contributed by atoms with Crippen molar-refractivity contribution < 1.29 is 22.6 Å². The number of hydrazone groups is 1. The number of nitrogens with one attached hydrogen (secondary N) is 1. The lowest BCUT2D eigenvalue weighted by Gasteiger charge is -2.13. The Kier molecular flexibility index (Phi) is 5.40. The number of alkyl halides is 3. The van der Waals surface area contributed by atoms with Gasteiger partial charge >= 0.3 is 6.36 Å². The van der Waals surface area contributed by atoms with E-state index >= 15 is 0 Å². The fourth-order valence-electron chi connectivity index (χ4n) is 2.98. The van der Waals surface area contributed by atoms with Gasteiger partial charge in [0.15, 0.2) is 6.73 Å². The van der Waals surface area contributed by atoms with E-state index in [1.807, 2.05) is 36.9 Å². The first kappa shape index (κ1) is 20.5. The smallest absolute Gasteiger partial charge is 0.452 e. The van der Waals surface area contributed by atoms with Gasteiger partial charge in [-0.05, 0) is 48.9 Å². The van der Waals surface area contributed by atoms with Crippen LogP contribution in [0.15, 0.2) is 53.8 Å². The predicted octanol–water partition coefficient (Wildman–Crippen LogP) is 3.73. The molecular formula is C20H19F3N6O2. The average molecular weight is 432 g/mol. The largest absolute Gasteiger partial charge is 0.573 e. The molecule has 3 aromatic rings. The van der Waals surface area contributed by atoms with Gasteiger partial charge in [-0.2, -0.15) is 5.10 Å². The van der Waals surface area contributed by atoms with Gasteiger partial charge in [0, 0.05) is 18.9 Å². The number of pyridine rings is 1. The summed E-state index contributed by atoms with van der Waals surface area (Å²) in [7, 11) is 1.81. The minimum Gasteiger partial charge on any atom is -0.452 e. The molecule has 31 heavy (non-hydrogen) atoms. The summed E-state index contributed by atoms with van der Waals surface area (Å²) in [5, 5.41) is 13.4. The van der Waals surface area contributed by atoms with Crippen molar-refractivity contribution in [3.8, 4) is 5.75 Å². The highest BCUT2D eigenvalue weighted by atomic mass is 19.4. The molecule has 0 fully saturated rings. The lowest BCUT2D eigenvalue weighted by molar-refractivity contribution is -0.274. The third-order valence-corrected chi connectivity index (χ3v) is 4.52. The lowest BCUT2D eigenvalue weighted by atomic mass is 10.3. The molecule has 0 amide bonds. The van der Waals surface area contributed by atoms with E-state index < -0.39 is 6.36 Å². The Morgan fingerprint density at radius 1 is 1.16 bits per heavy atom. The van der Waals surface area contributed by atoms with Crippen molar-refractivity contribution in [3.63, 3.8) is 0 Å². The molecule has 162 valence electrons. The van der Waals surface area contributed by atoms with E-state index in [2.05, 4.69) is 25.2 Å². The molecule has 4 rings (SSSR count). The minimum atomic E-state index is -4.73. The molecule has 8 nitrogen and oxygen atoms in total. The topological polar surface area (TPSA) is 76.8 Å². The monoisotopic (exact) mass is 432 g/mol. The highest BCUT2D eigenvalue weighted by molar-refractivity contribution is 5.94. The number of ether oxygens (including phenoxy) is 2. The third kappa shape index (κ3) is 4.87. The summed E-state index contributed by atoms with van der Waals surface area (Å²) in [6, 6.07) is 11.1. The molecule has 1 aliphatic heterocycles. The van der Waals surface area contributed by atoms with E-state index in [4.69, 9.17) is 4.74 Å². The van der Waals surface area contributed by atoms with Crippen molar-refractivity contribution >= 4 is 17.4 Å². The summed E-state index contributed by atoms with van der Waals surface area (Å²) in [6.45, 7) is 2.59. The van der Waals surface area contributed by atoms with Crippen LogP contribution in [-0.2, 0) is 11.3 Å². The lowest BCUT2D eigenvalue weighted by Crippen LogP contribution is -2.17. The standard InChI is InChI=1S/C20H19F3N6O2/c1-13-9-17(26-28(13)11-14-3-8-18(24-2)25-10-14)19-27-29(12-30-19)15-4-6-16(7-5-15)31-20(21,22)23/h3-10H,11-12H2,1-2H3,(H,24,25). The molecule has 0 atom stereocenters. The third-order valence-electron chi connectivity index (χ3n) is 4.52. The summed E-state index contributed by atoms with van der Waals surface area (Å²) in [6.07, 6.45) is -2.95. The Bertz CT molecular complexity index is 1080. The Balaban J connectivity index is 1.46. The highest BCUT2D eigenvalue weighted by Gasteiger charge is 2.31. The van der Waals surface area contributed by atoms with Crippen molar-refractivity contribution in [3.05, 3.63) is 65.6 Å². The maximum Gasteiger partial charge on any atom is 0.573 e. The van der Waals surface area contributed by atoms with Crippen LogP contribution in [-0.4, -0.2) is 40.8 Å². The zero-order valence-corrected chi connectivity index (χ0v) is 16.7. The second kappa shape index (κ2) is 8.17. The zero-order valence-electron chi connectivity index (χ0n) is 16.7. The van der Waals surface area contributed by atoms with Crippen LogP contribution in [0.5, 0.6) is 5.75 Å². The molecule has 3 heterocycles. The number of hydrogen-bond acceptors (Lipinski definition) is 7. The molecule has 0 aliphatic carbocycles. The van der Waals surface area contributed by atoms with Crippen LogP contribution in [0.3, 0.4) is 0 Å². The van der Waals surface area contributed by atoms with E-state index in [-0.39, 0.29) is 12.5 Å². The Hall–Kier alpha value is -3.76. The van der Waals surface area contributed by atoms with Crippen molar-refractivity contribution in [2.24, 2.45) is 5.10 Å². The molecule has 0 unspecified atom stereocenters. The predicted molar refractivity (Wildman–Crippen MR) is 108 cm³/mol. The number of halogens is 3. The SMILES string of the molecule is CNc1ccc(Cn2nc(C3=NN(c4ccc(OC(F)(F)F)cc4)CO3)cc2C)cn1. The van der Waals surface area contributed by atoms with E-state index in [0.29, 0.717) is 23.8 Å². The van der Waals surface area contributed by atoms with E-state index in [0.717, 1.165) is 17.1 Å². The van der Waals surface area contributed by atoms with Gasteiger partial charge < -0.3 is 14.8 Å². The molecule has 1 aliphatic rings. The summed E-state index contributed by atoms with van der Waals surface area (Å²) >= 11 is 0. The summed E-state index contributed by atoms with van der Waals surface area (Å²) in [4.78, 5) is 4.30. The van der Waals surface area contributed by atoms with Crippen molar-refractivity contribution in [2.75, 3.05) is 24.1 Å². The fraction of sp³-hybridized carbons (Fsp3) is 0.250. The van der Waals surface area contributed by atoms with Crippen molar-refractivity contribution in [1.82, 2.24) is 14.8 Å². The highest BCUT2D eigenvalue weighted by Crippen LogP contribution is 2.27. The second-order valence-corrected chi connectivity index (χ2v) is 6.75. The molecule has 11 heteroatoms. The molecule has 0 saturated heterocycles.